The van der Waals surface area contributed by atoms with E-state index in [1.54, 1.807) is 0 Å². The Morgan fingerprint density at radius 1 is 1.28 bits per heavy atom. The van der Waals surface area contributed by atoms with Gasteiger partial charge in [-0.2, -0.15) is 0 Å². The van der Waals surface area contributed by atoms with Crippen LogP contribution in [0.4, 0.5) is 0 Å². The lowest BCUT2D eigenvalue weighted by Gasteiger charge is -2.36. The van der Waals surface area contributed by atoms with Gasteiger partial charge in [-0.25, -0.2) is 0 Å². The van der Waals surface area contributed by atoms with Crippen molar-refractivity contribution in [2.24, 2.45) is 5.41 Å². The van der Waals surface area contributed by atoms with Crippen molar-refractivity contribution in [3.8, 4) is 0 Å². The fourth-order valence-electron chi connectivity index (χ4n) is 2.69. The number of halogens is 1. The van der Waals surface area contributed by atoms with Gasteiger partial charge in [-0.05, 0) is 18.3 Å². The molecule has 0 aromatic carbocycles. The summed E-state index contributed by atoms with van der Waals surface area (Å²) in [6, 6.07) is 0. The van der Waals surface area contributed by atoms with Crippen LogP contribution in [0.2, 0.25) is 0 Å². The van der Waals surface area contributed by atoms with Crippen LogP contribution in [0.3, 0.4) is 0 Å². The van der Waals surface area contributed by atoms with Crippen molar-refractivity contribution in [3.05, 3.63) is 0 Å². The summed E-state index contributed by atoms with van der Waals surface area (Å²) in [5.74, 6) is -0.0272. The molecule has 0 aromatic rings. The Bertz CT molecular complexity index is 273. The molecular weight excluding hydrogens is 298 g/mol. The summed E-state index contributed by atoms with van der Waals surface area (Å²) in [6.45, 7) is 2.24. The van der Waals surface area contributed by atoms with Crippen LogP contribution in [0.15, 0.2) is 0 Å². The maximum absolute atomic E-state index is 12.0. The van der Waals surface area contributed by atoms with Crippen molar-refractivity contribution >= 4 is 21.8 Å². The molecule has 2 fully saturated rings. The molecule has 2 aliphatic rings. The lowest BCUT2D eigenvalue weighted by Crippen LogP contribution is -2.47. The molecule has 1 saturated carbocycles. The first-order chi connectivity index (χ1) is 8.76. The number of hydrogen-bond donors (Lipinski definition) is 1. The van der Waals surface area contributed by atoms with E-state index in [0.29, 0.717) is 19.8 Å². The van der Waals surface area contributed by atoms with Crippen LogP contribution in [0, 0.1) is 5.41 Å². The monoisotopic (exact) mass is 319 g/mol. The van der Waals surface area contributed by atoms with Crippen LogP contribution >= 0.6 is 15.9 Å². The Morgan fingerprint density at radius 2 is 2.06 bits per heavy atom. The van der Waals surface area contributed by atoms with E-state index >= 15 is 0 Å². The van der Waals surface area contributed by atoms with Crippen LogP contribution in [0.25, 0.3) is 0 Å². The molecule has 4 nitrogen and oxygen atoms in total. The molecule has 1 atom stereocenters. The van der Waals surface area contributed by atoms with Gasteiger partial charge in [-0.15, -0.1) is 0 Å². The molecule has 0 bridgehead atoms. The second-order valence-corrected chi connectivity index (χ2v) is 5.91. The number of amides is 1. The van der Waals surface area contributed by atoms with Crippen LogP contribution in [0.1, 0.15) is 32.1 Å². The smallest absolute Gasteiger partial charge is 0.251 e. The third-order valence-electron chi connectivity index (χ3n) is 3.94. The van der Waals surface area contributed by atoms with E-state index in [1.165, 1.54) is 32.1 Å². The fraction of sp³-hybridized carbons (Fsp3) is 0.923. The third-order valence-corrected chi connectivity index (χ3v) is 5.13. The first kappa shape index (κ1) is 14.3. The Morgan fingerprint density at radius 3 is 2.67 bits per heavy atom. The highest BCUT2D eigenvalue weighted by atomic mass is 79.9. The first-order valence-electron chi connectivity index (χ1n) is 6.79. The van der Waals surface area contributed by atoms with Gasteiger partial charge in [0.05, 0.1) is 19.8 Å². The van der Waals surface area contributed by atoms with Gasteiger partial charge in [0.2, 0.25) is 0 Å². The molecular formula is C13H22BrNO3. The second-order valence-electron chi connectivity index (χ2n) is 5.35. The molecule has 1 aliphatic carbocycles. The van der Waals surface area contributed by atoms with Gasteiger partial charge in [0.25, 0.3) is 5.91 Å². The number of carbonyl (C=O) groups is 1. The Hall–Kier alpha value is -0.130. The van der Waals surface area contributed by atoms with Crippen LogP contribution < -0.4 is 5.32 Å². The van der Waals surface area contributed by atoms with Gasteiger partial charge in [-0.1, -0.05) is 35.2 Å². The largest absolute Gasteiger partial charge is 0.376 e. The quantitative estimate of drug-likeness (QED) is 0.805. The summed E-state index contributed by atoms with van der Waals surface area (Å²) < 4.78 is 10.6. The first-order valence-corrected chi connectivity index (χ1v) is 7.91. The molecule has 5 heteroatoms. The van der Waals surface area contributed by atoms with Crippen LogP contribution in [-0.4, -0.2) is 43.7 Å². The highest BCUT2D eigenvalue weighted by Gasteiger charge is 2.32. The Labute approximate surface area is 117 Å². The van der Waals surface area contributed by atoms with E-state index in [4.69, 9.17) is 9.47 Å². The molecule has 1 saturated heterocycles. The number of ether oxygens (including phenoxy) is 2. The van der Waals surface area contributed by atoms with Crippen molar-refractivity contribution in [3.63, 3.8) is 0 Å². The van der Waals surface area contributed by atoms with E-state index in [-0.39, 0.29) is 11.3 Å². The maximum atomic E-state index is 12.0. The average Bonchev–Trinajstić information content (AvgIpc) is 2.47. The Balaban J connectivity index is 1.79. The molecule has 2 rings (SSSR count). The fourth-order valence-corrected chi connectivity index (χ4v) is 3.45. The minimum absolute atomic E-state index is 0.0272. The van der Waals surface area contributed by atoms with E-state index in [2.05, 4.69) is 21.2 Å². The number of nitrogens with one attached hydrogen (secondary N) is 1. The van der Waals surface area contributed by atoms with Crippen molar-refractivity contribution in [1.82, 2.24) is 5.32 Å². The number of carbonyl (C=O) groups excluding carboxylic acids is 1. The zero-order valence-corrected chi connectivity index (χ0v) is 12.3. The van der Waals surface area contributed by atoms with Gasteiger partial charge in [0, 0.05) is 11.9 Å². The summed E-state index contributed by atoms with van der Waals surface area (Å²) in [4.78, 5) is 12.0. The predicted molar refractivity (Wildman–Crippen MR) is 72.9 cm³/mol. The standard InChI is InChI=1S/C13H22BrNO3/c14-9-13(4-2-1-3-5-13)10-15-12(16)11-8-17-6-7-18-11/h11H,1-10H2,(H,15,16). The van der Waals surface area contributed by atoms with E-state index in [0.717, 1.165) is 11.9 Å². The number of alkyl halides is 1. The normalized spacial score (nSPS) is 27.7. The lowest BCUT2D eigenvalue weighted by molar-refractivity contribution is -0.148. The molecule has 18 heavy (non-hydrogen) atoms. The van der Waals surface area contributed by atoms with Gasteiger partial charge in [0.15, 0.2) is 6.10 Å². The molecule has 104 valence electrons. The Kier molecular flexibility index (Phi) is 5.45. The molecule has 0 aromatic heterocycles. The van der Waals surface area contributed by atoms with Gasteiger partial charge >= 0.3 is 0 Å². The van der Waals surface area contributed by atoms with Gasteiger partial charge < -0.3 is 14.8 Å². The van der Waals surface area contributed by atoms with Crippen LogP contribution in [-0.2, 0) is 14.3 Å². The predicted octanol–water partition coefficient (Wildman–Crippen LogP) is 1.86. The summed E-state index contributed by atoms with van der Waals surface area (Å²) in [7, 11) is 0. The molecule has 1 amide bonds. The van der Waals surface area contributed by atoms with E-state index in [9.17, 15) is 4.79 Å². The molecule has 1 heterocycles. The van der Waals surface area contributed by atoms with Gasteiger partial charge in [0.1, 0.15) is 0 Å². The average molecular weight is 320 g/mol. The summed E-state index contributed by atoms with van der Waals surface area (Å²) in [6.07, 6.45) is 5.83. The highest BCUT2D eigenvalue weighted by Crippen LogP contribution is 2.37. The van der Waals surface area contributed by atoms with E-state index < -0.39 is 6.10 Å². The van der Waals surface area contributed by atoms with Crippen molar-refractivity contribution in [2.75, 3.05) is 31.7 Å². The van der Waals surface area contributed by atoms with E-state index in [1.807, 2.05) is 0 Å². The minimum Gasteiger partial charge on any atom is -0.376 e. The van der Waals surface area contributed by atoms with Crippen molar-refractivity contribution in [1.29, 1.82) is 0 Å². The zero-order valence-electron chi connectivity index (χ0n) is 10.8. The maximum Gasteiger partial charge on any atom is 0.251 e. The van der Waals surface area contributed by atoms with Crippen LogP contribution in [0.5, 0.6) is 0 Å². The third kappa shape index (κ3) is 3.68. The minimum atomic E-state index is -0.422. The molecule has 1 unspecified atom stereocenters. The topological polar surface area (TPSA) is 47.6 Å². The molecule has 0 radical (unpaired) electrons. The lowest BCUT2D eigenvalue weighted by atomic mass is 9.75. The molecule has 1 aliphatic heterocycles. The summed E-state index contributed by atoms with van der Waals surface area (Å²) in [5, 5.41) is 4.00. The molecule has 1 N–H and O–H groups in total. The number of hydrogen-bond acceptors (Lipinski definition) is 3. The SMILES string of the molecule is O=C(NCC1(CBr)CCCCC1)C1COCCO1. The summed E-state index contributed by atoms with van der Waals surface area (Å²) in [5.41, 5.74) is 0.240. The highest BCUT2D eigenvalue weighted by molar-refractivity contribution is 9.09. The summed E-state index contributed by atoms with van der Waals surface area (Å²) >= 11 is 3.61. The van der Waals surface area contributed by atoms with Crippen molar-refractivity contribution in [2.45, 2.75) is 38.2 Å². The van der Waals surface area contributed by atoms with Crippen molar-refractivity contribution < 1.29 is 14.3 Å². The second kappa shape index (κ2) is 6.87. The molecule has 0 spiro atoms. The number of rotatable bonds is 4. The van der Waals surface area contributed by atoms with Gasteiger partial charge in [-0.3, -0.25) is 4.79 Å². The zero-order chi connectivity index (χ0) is 12.8.